The average molecular weight is 259 g/mol. The van der Waals surface area contributed by atoms with Crippen LogP contribution in [0.1, 0.15) is 20.7 Å². The number of sulfonamides is 1. The molecule has 0 spiro atoms. The van der Waals surface area contributed by atoms with Crippen LogP contribution in [0.5, 0.6) is 0 Å². The van der Waals surface area contributed by atoms with Crippen LogP contribution in [-0.2, 0) is 10.0 Å². The van der Waals surface area contributed by atoms with E-state index < -0.39 is 32.4 Å². The van der Waals surface area contributed by atoms with Crippen molar-refractivity contribution >= 4 is 22.0 Å². The third kappa shape index (κ3) is 2.60. The van der Waals surface area contributed by atoms with Crippen molar-refractivity contribution in [2.75, 3.05) is 7.05 Å². The quantitative estimate of drug-likeness (QED) is 0.699. The molecule has 0 aliphatic heterocycles. The molecule has 0 saturated heterocycles. The first-order valence-corrected chi connectivity index (χ1v) is 5.82. The monoisotopic (exact) mass is 259 g/mol. The Bertz CT molecular complexity index is 577. The minimum Gasteiger partial charge on any atom is -0.478 e. The zero-order chi connectivity index (χ0) is 13.2. The highest BCUT2D eigenvalue weighted by Gasteiger charge is 2.22. The van der Waals surface area contributed by atoms with E-state index in [0.29, 0.717) is 0 Å². The van der Waals surface area contributed by atoms with Crippen molar-refractivity contribution in [1.82, 2.24) is 4.72 Å². The highest BCUT2D eigenvalue weighted by molar-refractivity contribution is 7.89. The molecule has 0 unspecified atom stereocenters. The van der Waals surface area contributed by atoms with Crippen LogP contribution in [-0.4, -0.2) is 37.6 Å². The number of nitrogens with one attached hydrogen (secondary N) is 1. The van der Waals surface area contributed by atoms with E-state index in [9.17, 15) is 18.0 Å². The number of carbonyl (C=O) groups is 2. The summed E-state index contributed by atoms with van der Waals surface area (Å²) in [6.07, 6.45) is 0. The van der Waals surface area contributed by atoms with E-state index in [-0.39, 0.29) is 5.56 Å². The van der Waals surface area contributed by atoms with Crippen LogP contribution in [0.3, 0.4) is 0 Å². The van der Waals surface area contributed by atoms with Gasteiger partial charge in [0.25, 0.3) is 0 Å². The molecular formula is C9H9NO6S. The minimum atomic E-state index is -3.94. The lowest BCUT2D eigenvalue weighted by Gasteiger charge is -2.07. The van der Waals surface area contributed by atoms with Crippen molar-refractivity contribution in [3.63, 3.8) is 0 Å². The largest absolute Gasteiger partial charge is 0.478 e. The van der Waals surface area contributed by atoms with Gasteiger partial charge in [0, 0.05) is 0 Å². The first kappa shape index (κ1) is 13.1. The van der Waals surface area contributed by atoms with E-state index in [1.165, 1.54) is 0 Å². The lowest BCUT2D eigenvalue weighted by atomic mass is 10.1. The molecule has 0 bridgehead atoms. The fraction of sp³-hybridized carbons (Fsp3) is 0.111. The van der Waals surface area contributed by atoms with Gasteiger partial charge in [0.2, 0.25) is 10.0 Å². The highest BCUT2D eigenvalue weighted by atomic mass is 32.2. The number of aromatic carboxylic acids is 2. The molecule has 0 aliphatic carbocycles. The van der Waals surface area contributed by atoms with Gasteiger partial charge in [0.05, 0.1) is 16.0 Å². The predicted octanol–water partition coefficient (Wildman–Crippen LogP) is -0.00890. The van der Waals surface area contributed by atoms with E-state index in [1.807, 2.05) is 4.72 Å². The molecule has 0 aliphatic rings. The maximum Gasteiger partial charge on any atom is 0.337 e. The molecule has 1 aromatic rings. The van der Waals surface area contributed by atoms with Crippen LogP contribution in [0.15, 0.2) is 23.1 Å². The van der Waals surface area contributed by atoms with Gasteiger partial charge in [-0.2, -0.15) is 0 Å². The van der Waals surface area contributed by atoms with E-state index in [2.05, 4.69) is 0 Å². The fourth-order valence-electron chi connectivity index (χ4n) is 1.17. The Labute approximate surface area is 96.7 Å². The Morgan fingerprint density at radius 2 is 1.76 bits per heavy atom. The van der Waals surface area contributed by atoms with Crippen LogP contribution in [0.25, 0.3) is 0 Å². The van der Waals surface area contributed by atoms with Crippen LogP contribution in [0.2, 0.25) is 0 Å². The second kappa shape index (κ2) is 4.52. The Morgan fingerprint density at radius 1 is 1.18 bits per heavy atom. The van der Waals surface area contributed by atoms with Gasteiger partial charge in [-0.15, -0.1) is 0 Å². The lowest BCUT2D eigenvalue weighted by Crippen LogP contribution is -2.21. The van der Waals surface area contributed by atoms with Crippen molar-refractivity contribution in [2.45, 2.75) is 4.90 Å². The van der Waals surface area contributed by atoms with Crippen LogP contribution in [0.4, 0.5) is 0 Å². The number of benzene rings is 1. The molecule has 17 heavy (non-hydrogen) atoms. The second-order valence-corrected chi connectivity index (χ2v) is 4.88. The fourth-order valence-corrected chi connectivity index (χ4v) is 2.08. The maximum absolute atomic E-state index is 11.5. The minimum absolute atomic E-state index is 0.294. The second-order valence-electron chi connectivity index (χ2n) is 3.03. The molecule has 0 fully saturated rings. The molecule has 0 amide bonds. The Morgan fingerprint density at radius 3 is 2.18 bits per heavy atom. The van der Waals surface area contributed by atoms with E-state index in [4.69, 9.17) is 10.2 Å². The summed E-state index contributed by atoms with van der Waals surface area (Å²) in [5.74, 6) is -2.84. The maximum atomic E-state index is 11.5. The van der Waals surface area contributed by atoms with Gasteiger partial charge in [-0.3, -0.25) is 0 Å². The van der Waals surface area contributed by atoms with Gasteiger partial charge in [-0.25, -0.2) is 22.7 Å². The molecule has 0 saturated carbocycles. The summed E-state index contributed by atoms with van der Waals surface area (Å²) in [5, 5.41) is 17.5. The third-order valence-corrected chi connectivity index (χ3v) is 3.49. The topological polar surface area (TPSA) is 121 Å². The third-order valence-electron chi connectivity index (χ3n) is 2.02. The summed E-state index contributed by atoms with van der Waals surface area (Å²) in [7, 11) is -2.81. The number of hydrogen-bond donors (Lipinski definition) is 3. The molecule has 0 radical (unpaired) electrons. The number of hydrogen-bond acceptors (Lipinski definition) is 4. The van der Waals surface area contributed by atoms with E-state index in [0.717, 1.165) is 25.2 Å². The molecule has 92 valence electrons. The van der Waals surface area contributed by atoms with Crippen molar-refractivity contribution < 1.29 is 28.2 Å². The van der Waals surface area contributed by atoms with Gasteiger partial charge >= 0.3 is 11.9 Å². The SMILES string of the molecule is CNS(=O)(=O)c1ccc(C(=O)O)cc1C(=O)O. The summed E-state index contributed by atoms with van der Waals surface area (Å²) in [6, 6.07) is 2.77. The zero-order valence-electron chi connectivity index (χ0n) is 8.67. The van der Waals surface area contributed by atoms with Crippen molar-refractivity contribution in [1.29, 1.82) is 0 Å². The predicted molar refractivity (Wildman–Crippen MR) is 56.6 cm³/mol. The smallest absolute Gasteiger partial charge is 0.337 e. The van der Waals surface area contributed by atoms with Crippen LogP contribution < -0.4 is 4.72 Å². The van der Waals surface area contributed by atoms with Crippen LogP contribution >= 0.6 is 0 Å². The number of carboxylic acids is 2. The van der Waals surface area contributed by atoms with Gasteiger partial charge in [-0.05, 0) is 25.2 Å². The van der Waals surface area contributed by atoms with Gasteiger partial charge in [-0.1, -0.05) is 0 Å². The number of carboxylic acid groups (broad SMARTS) is 2. The van der Waals surface area contributed by atoms with Crippen molar-refractivity contribution in [2.24, 2.45) is 0 Å². The molecule has 7 nitrogen and oxygen atoms in total. The Kier molecular flexibility index (Phi) is 3.49. The molecule has 1 rings (SSSR count). The standard InChI is InChI=1S/C9H9NO6S/c1-10-17(15,16)7-3-2-5(8(11)12)4-6(7)9(13)14/h2-4,10H,1H3,(H,11,12)(H,13,14). The van der Waals surface area contributed by atoms with Crippen molar-refractivity contribution in [3.05, 3.63) is 29.3 Å². The van der Waals surface area contributed by atoms with Gasteiger partial charge in [0.1, 0.15) is 0 Å². The molecule has 0 atom stereocenters. The molecule has 3 N–H and O–H groups in total. The Balaban J connectivity index is 3.54. The van der Waals surface area contributed by atoms with Gasteiger partial charge < -0.3 is 10.2 Å². The van der Waals surface area contributed by atoms with Gasteiger partial charge in [0.15, 0.2) is 0 Å². The summed E-state index contributed by atoms with van der Waals surface area (Å²) in [4.78, 5) is 21.0. The van der Waals surface area contributed by atoms with Crippen LogP contribution in [0, 0.1) is 0 Å². The first-order valence-electron chi connectivity index (χ1n) is 4.34. The molecule has 0 heterocycles. The zero-order valence-corrected chi connectivity index (χ0v) is 9.48. The lowest BCUT2D eigenvalue weighted by molar-refractivity contribution is 0.0692. The Hall–Kier alpha value is -1.93. The normalized spacial score (nSPS) is 11.1. The molecule has 1 aromatic carbocycles. The van der Waals surface area contributed by atoms with E-state index in [1.54, 1.807) is 0 Å². The van der Waals surface area contributed by atoms with Crippen molar-refractivity contribution in [3.8, 4) is 0 Å². The van der Waals surface area contributed by atoms with E-state index >= 15 is 0 Å². The molecule has 0 aromatic heterocycles. The summed E-state index contributed by atoms with van der Waals surface area (Å²) >= 11 is 0. The first-order chi connectivity index (χ1) is 7.79. The summed E-state index contributed by atoms with van der Waals surface area (Å²) in [5.41, 5.74) is -0.878. The average Bonchev–Trinajstić information content (AvgIpc) is 2.28. The summed E-state index contributed by atoms with van der Waals surface area (Å²) < 4.78 is 24.9. The summed E-state index contributed by atoms with van der Waals surface area (Å²) in [6.45, 7) is 0. The molecule has 8 heteroatoms. The number of rotatable bonds is 4. The molecular weight excluding hydrogens is 250 g/mol. The highest BCUT2D eigenvalue weighted by Crippen LogP contribution is 2.17.